The quantitative estimate of drug-likeness (QED) is 0.816. The molecule has 3 rings (SSSR count). The van der Waals surface area contributed by atoms with Gasteiger partial charge in [-0.2, -0.15) is 4.31 Å². The summed E-state index contributed by atoms with van der Waals surface area (Å²) in [6.45, 7) is 5.06. The first-order valence-corrected chi connectivity index (χ1v) is 10.8. The van der Waals surface area contributed by atoms with Gasteiger partial charge in [0.2, 0.25) is 10.0 Å². The summed E-state index contributed by atoms with van der Waals surface area (Å²) in [7, 11) is -3.53. The number of furan rings is 1. The average molecular weight is 391 g/mol. The van der Waals surface area contributed by atoms with E-state index >= 15 is 0 Å². The van der Waals surface area contributed by atoms with Gasteiger partial charge in [0, 0.05) is 25.7 Å². The third-order valence-electron chi connectivity index (χ3n) is 4.75. The highest BCUT2D eigenvalue weighted by atomic mass is 32.2. The molecule has 1 fully saturated rings. The van der Waals surface area contributed by atoms with Gasteiger partial charge < -0.3 is 9.73 Å². The Balaban J connectivity index is 1.72. The van der Waals surface area contributed by atoms with Crippen LogP contribution in [0.15, 0.2) is 33.7 Å². The van der Waals surface area contributed by atoms with E-state index in [1.807, 2.05) is 13.8 Å². The van der Waals surface area contributed by atoms with Gasteiger partial charge in [0.05, 0.1) is 0 Å². The summed E-state index contributed by atoms with van der Waals surface area (Å²) in [5.41, 5.74) is 1.01. The number of carbonyl (C=O) groups excluding carboxylic acids is 1. The summed E-state index contributed by atoms with van der Waals surface area (Å²) < 4.78 is 32.4. The van der Waals surface area contributed by atoms with Crippen LogP contribution in [0.5, 0.6) is 0 Å². The predicted molar refractivity (Wildman–Crippen MR) is 102 cm³/mol. The van der Waals surface area contributed by atoms with Crippen LogP contribution in [0.2, 0.25) is 0 Å². The van der Waals surface area contributed by atoms with Crippen molar-refractivity contribution in [2.45, 2.75) is 50.8 Å². The Hall–Kier alpha value is -2.19. The van der Waals surface area contributed by atoms with Crippen molar-refractivity contribution in [3.63, 3.8) is 0 Å². The van der Waals surface area contributed by atoms with E-state index in [0.29, 0.717) is 13.1 Å². The molecule has 0 unspecified atom stereocenters. The number of anilines is 1. The molecule has 1 amide bonds. The lowest BCUT2D eigenvalue weighted by Gasteiger charge is -2.25. The molecule has 1 aliphatic rings. The molecule has 0 atom stereocenters. The summed E-state index contributed by atoms with van der Waals surface area (Å²) in [6.07, 6.45) is 5.62. The first-order chi connectivity index (χ1) is 13.0. The van der Waals surface area contributed by atoms with Crippen LogP contribution in [0.4, 0.5) is 5.82 Å². The van der Waals surface area contributed by atoms with E-state index in [1.165, 1.54) is 22.6 Å². The lowest BCUT2D eigenvalue weighted by atomic mass is 10.1. The second kappa shape index (κ2) is 8.22. The Labute approximate surface area is 159 Å². The fraction of sp³-hybridized carbons (Fsp3) is 0.474. The second-order valence-electron chi connectivity index (χ2n) is 6.56. The highest BCUT2D eigenvalue weighted by Gasteiger charge is 2.26. The highest BCUT2D eigenvalue weighted by Crippen LogP contribution is 2.21. The van der Waals surface area contributed by atoms with Gasteiger partial charge in [-0.15, -0.1) is 0 Å². The molecule has 0 bridgehead atoms. The number of aromatic nitrogens is 1. The van der Waals surface area contributed by atoms with E-state index < -0.39 is 15.9 Å². The first-order valence-electron chi connectivity index (χ1n) is 9.34. The molecule has 0 aliphatic carbocycles. The number of nitrogens with zero attached hydrogens (tertiary/aromatic N) is 2. The van der Waals surface area contributed by atoms with Crippen LogP contribution >= 0.6 is 0 Å². The van der Waals surface area contributed by atoms with Crippen LogP contribution in [-0.2, 0) is 22.9 Å². The maximum absolute atomic E-state index is 12.6. The largest absolute Gasteiger partial charge is 0.456 e. The molecule has 0 spiro atoms. The number of hydrogen-bond donors (Lipinski definition) is 1. The topological polar surface area (TPSA) is 92.5 Å². The number of pyridine rings is 1. The van der Waals surface area contributed by atoms with Gasteiger partial charge in [-0.05, 0) is 43.0 Å². The summed E-state index contributed by atoms with van der Waals surface area (Å²) in [6, 6.07) is 4.71. The summed E-state index contributed by atoms with van der Waals surface area (Å²) in [5.74, 6) is 0.919. The van der Waals surface area contributed by atoms with Crippen molar-refractivity contribution < 1.29 is 17.6 Å². The van der Waals surface area contributed by atoms with E-state index in [2.05, 4.69) is 10.3 Å². The van der Waals surface area contributed by atoms with Crippen LogP contribution in [0, 0.1) is 0 Å². The fourth-order valence-corrected chi connectivity index (χ4v) is 4.68. The van der Waals surface area contributed by atoms with Crippen molar-refractivity contribution in [1.29, 1.82) is 0 Å². The molecule has 27 heavy (non-hydrogen) atoms. The molecule has 3 heterocycles. The highest BCUT2D eigenvalue weighted by molar-refractivity contribution is 7.89. The molecule has 1 aliphatic heterocycles. The Morgan fingerprint density at radius 3 is 2.48 bits per heavy atom. The molecule has 1 N–H and O–H groups in total. The van der Waals surface area contributed by atoms with Crippen LogP contribution in [-0.4, -0.2) is 36.7 Å². The van der Waals surface area contributed by atoms with E-state index in [0.717, 1.165) is 43.4 Å². The minimum absolute atomic E-state index is 0.141. The Morgan fingerprint density at radius 2 is 1.93 bits per heavy atom. The second-order valence-corrected chi connectivity index (χ2v) is 8.50. The molecule has 0 saturated carbocycles. The van der Waals surface area contributed by atoms with Gasteiger partial charge in [0.25, 0.3) is 5.91 Å². The number of nitrogens with one attached hydrogen (secondary N) is 1. The molecule has 1 saturated heterocycles. The number of amides is 1. The van der Waals surface area contributed by atoms with Gasteiger partial charge in [0.1, 0.15) is 16.5 Å². The predicted octanol–water partition coefficient (Wildman–Crippen LogP) is 3.23. The van der Waals surface area contributed by atoms with Gasteiger partial charge in [0.15, 0.2) is 5.76 Å². The standard InChI is InChI=1S/C19H25N3O4S/c1-3-14-12-17(26-16(14)4-2)19(23)21-18-9-8-15(13-20-18)27(24,25)22-10-6-5-7-11-22/h8-9,12-13H,3-7,10-11H2,1-2H3,(H,20,21,23). The first kappa shape index (κ1) is 19.6. The number of carbonyl (C=O) groups is 1. The van der Waals surface area contributed by atoms with Crippen molar-refractivity contribution in [2.75, 3.05) is 18.4 Å². The van der Waals surface area contributed by atoms with Crippen LogP contribution in [0.3, 0.4) is 0 Å². The Bertz CT molecular complexity index is 876. The van der Waals surface area contributed by atoms with Crippen molar-refractivity contribution in [2.24, 2.45) is 0 Å². The van der Waals surface area contributed by atoms with Crippen LogP contribution < -0.4 is 5.32 Å². The lowest BCUT2D eigenvalue weighted by molar-refractivity contribution is 0.0994. The molecule has 0 aromatic carbocycles. The normalized spacial score (nSPS) is 15.6. The third kappa shape index (κ3) is 4.22. The van der Waals surface area contributed by atoms with Crippen LogP contribution in [0.25, 0.3) is 0 Å². The molecular formula is C19H25N3O4S. The van der Waals surface area contributed by atoms with E-state index in [4.69, 9.17) is 4.42 Å². The maximum Gasteiger partial charge on any atom is 0.292 e. The van der Waals surface area contributed by atoms with E-state index in [1.54, 1.807) is 6.07 Å². The molecule has 146 valence electrons. The Morgan fingerprint density at radius 1 is 1.19 bits per heavy atom. The minimum Gasteiger partial charge on any atom is -0.456 e. The Kier molecular flexibility index (Phi) is 5.96. The van der Waals surface area contributed by atoms with E-state index in [-0.39, 0.29) is 16.5 Å². The number of rotatable bonds is 6. The zero-order chi connectivity index (χ0) is 19.4. The minimum atomic E-state index is -3.53. The monoisotopic (exact) mass is 391 g/mol. The lowest BCUT2D eigenvalue weighted by Crippen LogP contribution is -2.35. The summed E-state index contributed by atoms with van der Waals surface area (Å²) >= 11 is 0. The number of piperidine rings is 1. The molecule has 7 nitrogen and oxygen atoms in total. The number of sulfonamides is 1. The average Bonchev–Trinajstić information content (AvgIpc) is 3.13. The SMILES string of the molecule is CCc1cc(C(=O)Nc2ccc(S(=O)(=O)N3CCCCC3)cn2)oc1CC. The van der Waals surface area contributed by atoms with Crippen LogP contribution in [0.1, 0.15) is 55.0 Å². The van der Waals surface area contributed by atoms with E-state index in [9.17, 15) is 13.2 Å². The van der Waals surface area contributed by atoms with Gasteiger partial charge in [-0.1, -0.05) is 20.3 Å². The van der Waals surface area contributed by atoms with Gasteiger partial charge >= 0.3 is 0 Å². The summed E-state index contributed by atoms with van der Waals surface area (Å²) in [4.78, 5) is 16.6. The zero-order valence-corrected chi connectivity index (χ0v) is 16.5. The third-order valence-corrected chi connectivity index (χ3v) is 6.64. The number of hydrogen-bond acceptors (Lipinski definition) is 5. The van der Waals surface area contributed by atoms with Gasteiger partial charge in [-0.25, -0.2) is 13.4 Å². The molecule has 0 radical (unpaired) electrons. The van der Waals surface area contributed by atoms with Crippen molar-refractivity contribution in [3.8, 4) is 0 Å². The van der Waals surface area contributed by atoms with Gasteiger partial charge in [-0.3, -0.25) is 4.79 Å². The molecule has 2 aromatic rings. The fourth-order valence-electron chi connectivity index (χ4n) is 3.22. The molecular weight excluding hydrogens is 366 g/mol. The smallest absolute Gasteiger partial charge is 0.292 e. The molecule has 8 heteroatoms. The van der Waals surface area contributed by atoms with Crippen molar-refractivity contribution in [3.05, 3.63) is 41.5 Å². The summed E-state index contributed by atoms with van der Waals surface area (Å²) in [5, 5.41) is 2.65. The van der Waals surface area contributed by atoms with Crippen molar-refractivity contribution >= 4 is 21.7 Å². The maximum atomic E-state index is 12.6. The number of aryl methyl sites for hydroxylation is 2. The zero-order valence-electron chi connectivity index (χ0n) is 15.7. The van der Waals surface area contributed by atoms with Crippen molar-refractivity contribution in [1.82, 2.24) is 9.29 Å². The molecule has 2 aromatic heterocycles.